The number of halogens is 1. The molecule has 7 heteroatoms. The van der Waals surface area contributed by atoms with Crippen LogP contribution in [0.2, 0.25) is 0 Å². The van der Waals surface area contributed by atoms with Crippen molar-refractivity contribution in [1.29, 1.82) is 0 Å². The van der Waals surface area contributed by atoms with Crippen LogP contribution in [0.15, 0.2) is 36.7 Å². The quantitative estimate of drug-likeness (QED) is 0.751. The molecule has 0 atom stereocenters. The number of likely N-dealkylation sites (tertiary alicyclic amines) is 1. The molecule has 6 nitrogen and oxygen atoms in total. The van der Waals surface area contributed by atoms with E-state index in [2.05, 4.69) is 31.6 Å². The second-order valence-corrected chi connectivity index (χ2v) is 7.68. The van der Waals surface area contributed by atoms with Gasteiger partial charge in [-0.05, 0) is 49.4 Å². The van der Waals surface area contributed by atoms with Gasteiger partial charge >= 0.3 is 0 Å². The molecule has 1 aliphatic heterocycles. The van der Waals surface area contributed by atoms with Crippen LogP contribution in [-0.4, -0.2) is 43.8 Å². The summed E-state index contributed by atoms with van der Waals surface area (Å²) in [7, 11) is 0. The molecule has 27 heavy (non-hydrogen) atoms. The standard InChI is InChI=1S/C20H23FN6/c21-16-5-1-14(2-6-16)12-26-9-7-17(8-10-26)23-19-11-18(15-3-4-15)25-27-13-22-24-20(19)27/h1-2,5-6,11,13,15,17,23H,3-4,7-10,12H2. The normalized spacial score (nSPS) is 18.9. The number of hydrogen-bond acceptors (Lipinski definition) is 5. The summed E-state index contributed by atoms with van der Waals surface area (Å²) in [4.78, 5) is 2.43. The molecule has 2 aromatic heterocycles. The van der Waals surface area contributed by atoms with Crippen molar-refractivity contribution in [3.05, 3.63) is 53.7 Å². The van der Waals surface area contributed by atoms with Crippen molar-refractivity contribution < 1.29 is 4.39 Å². The lowest BCUT2D eigenvalue weighted by Crippen LogP contribution is -2.38. The Bertz CT molecular complexity index is 925. The lowest BCUT2D eigenvalue weighted by atomic mass is 10.0. The molecule has 1 aliphatic carbocycles. The molecular formula is C20H23FN6. The van der Waals surface area contributed by atoms with Crippen LogP contribution >= 0.6 is 0 Å². The fraction of sp³-hybridized carbons (Fsp3) is 0.450. The van der Waals surface area contributed by atoms with Gasteiger partial charge in [0.25, 0.3) is 0 Å². The number of piperidine rings is 1. The van der Waals surface area contributed by atoms with E-state index in [1.54, 1.807) is 10.8 Å². The van der Waals surface area contributed by atoms with Crippen molar-refractivity contribution in [1.82, 2.24) is 24.7 Å². The molecule has 3 heterocycles. The SMILES string of the molecule is Fc1ccc(CN2CCC(Nc3cc(C4CC4)nn4cnnc34)CC2)cc1. The lowest BCUT2D eigenvalue weighted by molar-refractivity contribution is 0.211. The van der Waals surface area contributed by atoms with Crippen LogP contribution in [0.1, 0.15) is 42.9 Å². The van der Waals surface area contributed by atoms with Crippen molar-refractivity contribution in [3.63, 3.8) is 0 Å². The van der Waals surface area contributed by atoms with Crippen LogP contribution in [0.3, 0.4) is 0 Å². The summed E-state index contributed by atoms with van der Waals surface area (Å²) in [6.45, 7) is 2.93. The van der Waals surface area contributed by atoms with E-state index in [4.69, 9.17) is 0 Å². The van der Waals surface area contributed by atoms with E-state index in [9.17, 15) is 4.39 Å². The first-order valence-corrected chi connectivity index (χ1v) is 9.69. The van der Waals surface area contributed by atoms with E-state index in [0.29, 0.717) is 12.0 Å². The molecule has 2 fully saturated rings. The van der Waals surface area contributed by atoms with Gasteiger partial charge in [0.15, 0.2) is 0 Å². The molecule has 1 saturated heterocycles. The third-order valence-corrected chi connectivity index (χ3v) is 5.55. The highest BCUT2D eigenvalue weighted by atomic mass is 19.1. The molecule has 140 valence electrons. The number of fused-ring (bicyclic) bond motifs is 1. The highest BCUT2D eigenvalue weighted by Crippen LogP contribution is 2.40. The Morgan fingerprint density at radius 1 is 1.07 bits per heavy atom. The minimum Gasteiger partial charge on any atom is -0.379 e. The zero-order valence-corrected chi connectivity index (χ0v) is 15.2. The van der Waals surface area contributed by atoms with E-state index in [0.717, 1.165) is 55.1 Å². The molecule has 2 aliphatic rings. The molecule has 5 rings (SSSR count). The summed E-state index contributed by atoms with van der Waals surface area (Å²) in [5.41, 5.74) is 4.14. The molecule has 1 aromatic carbocycles. The smallest absolute Gasteiger partial charge is 0.200 e. The zero-order valence-electron chi connectivity index (χ0n) is 15.2. The number of nitrogens with zero attached hydrogens (tertiary/aromatic N) is 5. The van der Waals surface area contributed by atoms with Crippen LogP contribution in [0.25, 0.3) is 5.65 Å². The van der Waals surface area contributed by atoms with Crippen molar-refractivity contribution in [2.24, 2.45) is 0 Å². The molecule has 0 spiro atoms. The van der Waals surface area contributed by atoms with Crippen LogP contribution in [0.4, 0.5) is 10.1 Å². The van der Waals surface area contributed by atoms with Gasteiger partial charge in [-0.25, -0.2) is 4.39 Å². The largest absolute Gasteiger partial charge is 0.379 e. The second-order valence-electron chi connectivity index (χ2n) is 7.68. The molecule has 3 aromatic rings. The Kier molecular flexibility index (Phi) is 4.24. The summed E-state index contributed by atoms with van der Waals surface area (Å²) in [5, 5.41) is 16.6. The maximum Gasteiger partial charge on any atom is 0.200 e. The fourth-order valence-corrected chi connectivity index (χ4v) is 3.83. The Morgan fingerprint density at radius 2 is 1.85 bits per heavy atom. The van der Waals surface area contributed by atoms with Crippen molar-refractivity contribution in [2.45, 2.75) is 44.2 Å². The van der Waals surface area contributed by atoms with Gasteiger partial charge < -0.3 is 5.32 Å². The Balaban J connectivity index is 1.23. The van der Waals surface area contributed by atoms with Gasteiger partial charge in [-0.15, -0.1) is 10.2 Å². The third-order valence-electron chi connectivity index (χ3n) is 5.55. The van der Waals surface area contributed by atoms with Crippen LogP contribution < -0.4 is 5.32 Å². The second kappa shape index (κ2) is 6.88. The van der Waals surface area contributed by atoms with Crippen molar-refractivity contribution in [2.75, 3.05) is 18.4 Å². The van der Waals surface area contributed by atoms with Gasteiger partial charge in [-0.2, -0.15) is 9.61 Å². The van der Waals surface area contributed by atoms with Crippen molar-refractivity contribution >= 4 is 11.3 Å². The van der Waals surface area contributed by atoms with Gasteiger partial charge in [0.1, 0.15) is 12.1 Å². The maximum absolute atomic E-state index is 13.1. The first kappa shape index (κ1) is 16.6. The molecule has 1 N–H and O–H groups in total. The van der Waals surface area contributed by atoms with E-state index in [1.165, 1.54) is 25.0 Å². The van der Waals surface area contributed by atoms with Gasteiger partial charge in [-0.1, -0.05) is 12.1 Å². The number of hydrogen-bond donors (Lipinski definition) is 1. The Morgan fingerprint density at radius 3 is 2.59 bits per heavy atom. The van der Waals surface area contributed by atoms with Crippen molar-refractivity contribution in [3.8, 4) is 0 Å². The molecule has 0 unspecified atom stereocenters. The van der Waals surface area contributed by atoms with Gasteiger partial charge in [-0.3, -0.25) is 4.90 Å². The zero-order chi connectivity index (χ0) is 18.2. The first-order valence-electron chi connectivity index (χ1n) is 9.69. The summed E-state index contributed by atoms with van der Waals surface area (Å²) in [6.07, 6.45) is 6.27. The van der Waals surface area contributed by atoms with E-state index in [-0.39, 0.29) is 5.82 Å². The number of aromatic nitrogens is 4. The summed E-state index contributed by atoms with van der Waals surface area (Å²) in [5.74, 6) is 0.416. The number of rotatable bonds is 5. The summed E-state index contributed by atoms with van der Waals surface area (Å²) >= 11 is 0. The monoisotopic (exact) mass is 366 g/mol. The molecular weight excluding hydrogens is 343 g/mol. The summed E-state index contributed by atoms with van der Waals surface area (Å²) in [6, 6.07) is 9.40. The maximum atomic E-state index is 13.1. The van der Waals surface area contributed by atoms with Crippen LogP contribution in [0, 0.1) is 5.82 Å². The number of nitrogens with one attached hydrogen (secondary N) is 1. The molecule has 0 radical (unpaired) electrons. The van der Waals surface area contributed by atoms with E-state index >= 15 is 0 Å². The van der Waals surface area contributed by atoms with Gasteiger partial charge in [0, 0.05) is 31.6 Å². The summed E-state index contributed by atoms with van der Waals surface area (Å²) < 4.78 is 14.8. The minimum absolute atomic E-state index is 0.177. The van der Waals surface area contributed by atoms with Gasteiger partial charge in [0.2, 0.25) is 5.65 Å². The van der Waals surface area contributed by atoms with E-state index in [1.807, 2.05) is 12.1 Å². The first-order chi connectivity index (χ1) is 13.2. The van der Waals surface area contributed by atoms with Gasteiger partial charge in [0.05, 0.1) is 11.4 Å². The highest BCUT2D eigenvalue weighted by molar-refractivity contribution is 5.67. The van der Waals surface area contributed by atoms with Crippen LogP contribution in [-0.2, 0) is 6.54 Å². The third kappa shape index (κ3) is 3.64. The molecule has 0 amide bonds. The molecule has 0 bridgehead atoms. The predicted octanol–water partition coefficient (Wildman–Crippen LogP) is 3.22. The average molecular weight is 366 g/mol. The lowest BCUT2D eigenvalue weighted by Gasteiger charge is -2.33. The predicted molar refractivity (Wildman–Crippen MR) is 101 cm³/mol. The molecule has 1 saturated carbocycles. The fourth-order valence-electron chi connectivity index (χ4n) is 3.83. The topological polar surface area (TPSA) is 58.4 Å². The Hall–Kier alpha value is -2.54. The number of benzene rings is 1. The number of anilines is 1. The average Bonchev–Trinajstić information content (AvgIpc) is 3.43. The van der Waals surface area contributed by atoms with Crippen LogP contribution in [0.5, 0.6) is 0 Å². The van der Waals surface area contributed by atoms with E-state index < -0.39 is 0 Å². The highest BCUT2D eigenvalue weighted by Gasteiger charge is 2.27. The minimum atomic E-state index is -0.177. The Labute approximate surface area is 157 Å².